The Labute approximate surface area is 117 Å². The van der Waals surface area contributed by atoms with Crippen LogP contribution in [0.1, 0.15) is 0 Å². The molecule has 1 N–H and O–H groups in total. The second-order valence-electron chi connectivity index (χ2n) is 2.74. The van der Waals surface area contributed by atoms with Crippen molar-refractivity contribution >= 4 is 57.5 Å². The molecular formula is C9H9Cl2IN2O2. The third-order valence-corrected chi connectivity index (χ3v) is 3.09. The number of anilines is 1. The minimum atomic E-state index is -0.365. The molecule has 1 aromatic rings. The molecule has 88 valence electrons. The molecule has 0 unspecified atom stereocenters. The second kappa shape index (κ2) is 6.48. The number of rotatable bonds is 3. The van der Waals surface area contributed by atoms with Crippen LogP contribution < -0.4 is 5.32 Å². The lowest BCUT2D eigenvalue weighted by Gasteiger charge is -2.17. The maximum atomic E-state index is 11.6. The van der Waals surface area contributed by atoms with E-state index in [0.717, 1.165) is 0 Å². The van der Waals surface area contributed by atoms with E-state index in [1.165, 1.54) is 12.2 Å². The first-order valence-electron chi connectivity index (χ1n) is 4.22. The quantitative estimate of drug-likeness (QED) is 0.378. The van der Waals surface area contributed by atoms with Gasteiger partial charge in [-0.1, -0.05) is 45.8 Å². The van der Waals surface area contributed by atoms with Gasteiger partial charge in [-0.15, -0.1) is 0 Å². The van der Waals surface area contributed by atoms with Gasteiger partial charge in [0.25, 0.3) is 0 Å². The third-order valence-electron chi connectivity index (χ3n) is 1.73. The molecule has 0 aliphatic carbocycles. The summed E-state index contributed by atoms with van der Waals surface area (Å²) < 4.78 is 0.418. The molecule has 0 aliphatic heterocycles. The molecule has 0 aliphatic rings. The van der Waals surface area contributed by atoms with Crippen LogP contribution >= 0.6 is 45.8 Å². The molecule has 1 rings (SSSR count). The first kappa shape index (κ1) is 13.8. The molecule has 0 aromatic heterocycles. The van der Waals surface area contributed by atoms with Crippen LogP contribution in [0.25, 0.3) is 0 Å². The van der Waals surface area contributed by atoms with E-state index in [-0.39, 0.29) is 6.03 Å². The highest BCUT2D eigenvalue weighted by atomic mass is 127. The number of nitrogens with one attached hydrogen (secondary N) is 1. The molecule has 4 nitrogen and oxygen atoms in total. The SMILES string of the molecule is CON(CI)C(=O)Nc1ccc(Cl)c(Cl)c1. The van der Waals surface area contributed by atoms with Crippen molar-refractivity contribution in [1.82, 2.24) is 5.06 Å². The largest absolute Gasteiger partial charge is 0.346 e. The van der Waals surface area contributed by atoms with Crippen LogP contribution in [0.3, 0.4) is 0 Å². The number of carbonyl (C=O) groups is 1. The molecule has 0 bridgehead atoms. The number of benzene rings is 1. The number of nitrogens with zero attached hydrogens (tertiary/aromatic N) is 1. The lowest BCUT2D eigenvalue weighted by molar-refractivity contribution is -0.0626. The highest BCUT2D eigenvalue weighted by Gasteiger charge is 2.11. The zero-order valence-electron chi connectivity index (χ0n) is 8.34. The fourth-order valence-electron chi connectivity index (χ4n) is 0.946. The second-order valence-corrected chi connectivity index (χ2v) is 4.24. The average Bonchev–Trinajstić information content (AvgIpc) is 2.25. The minimum Gasteiger partial charge on any atom is -0.306 e. The van der Waals surface area contributed by atoms with Gasteiger partial charge in [0.2, 0.25) is 0 Å². The maximum Gasteiger partial charge on any atom is 0.346 e. The van der Waals surface area contributed by atoms with E-state index in [4.69, 9.17) is 28.0 Å². The number of urea groups is 1. The Morgan fingerprint density at radius 3 is 2.69 bits per heavy atom. The van der Waals surface area contributed by atoms with E-state index in [9.17, 15) is 4.79 Å². The van der Waals surface area contributed by atoms with Gasteiger partial charge in [-0.2, -0.15) is 5.06 Å². The predicted octanol–water partition coefficient (Wildman–Crippen LogP) is 3.78. The summed E-state index contributed by atoms with van der Waals surface area (Å²) in [5.41, 5.74) is 0.561. The molecule has 0 heterocycles. The zero-order chi connectivity index (χ0) is 12.1. The summed E-state index contributed by atoms with van der Waals surface area (Å²) in [7, 11) is 1.42. The van der Waals surface area contributed by atoms with Gasteiger partial charge in [0.1, 0.15) is 4.55 Å². The summed E-state index contributed by atoms with van der Waals surface area (Å²) in [5, 5.41) is 4.62. The molecule has 0 atom stereocenters. The zero-order valence-corrected chi connectivity index (χ0v) is 12.0. The van der Waals surface area contributed by atoms with Gasteiger partial charge < -0.3 is 5.32 Å². The number of carbonyl (C=O) groups excluding carboxylic acids is 1. The molecular weight excluding hydrogens is 366 g/mol. The summed E-state index contributed by atoms with van der Waals surface area (Å²) >= 11 is 13.6. The molecule has 0 spiro atoms. The number of alkyl halides is 1. The minimum absolute atomic E-state index is 0.365. The van der Waals surface area contributed by atoms with Crippen LogP contribution in [-0.4, -0.2) is 22.8 Å². The Morgan fingerprint density at radius 2 is 2.19 bits per heavy atom. The van der Waals surface area contributed by atoms with E-state index in [0.29, 0.717) is 20.3 Å². The molecule has 0 saturated heterocycles. The van der Waals surface area contributed by atoms with Gasteiger partial charge in [0.15, 0.2) is 0 Å². The van der Waals surface area contributed by atoms with Crippen molar-refractivity contribution in [2.75, 3.05) is 17.0 Å². The standard InChI is InChI=1S/C9H9Cl2IN2O2/c1-16-14(5-12)9(15)13-6-2-3-7(10)8(11)4-6/h2-4H,5H2,1H3,(H,13,15). The van der Waals surface area contributed by atoms with Crippen molar-refractivity contribution in [2.24, 2.45) is 0 Å². The Bertz CT molecular complexity index is 386. The highest BCUT2D eigenvalue weighted by molar-refractivity contribution is 14.1. The molecule has 2 amide bonds. The molecule has 1 aromatic carbocycles. The van der Waals surface area contributed by atoms with Crippen LogP contribution in [0.5, 0.6) is 0 Å². The summed E-state index contributed by atoms with van der Waals surface area (Å²) in [6, 6.07) is 4.48. The molecule has 0 saturated carbocycles. The number of hydrogen-bond acceptors (Lipinski definition) is 2. The van der Waals surface area contributed by atoms with Gasteiger partial charge in [0.05, 0.1) is 17.2 Å². The number of hydrogen-bond donors (Lipinski definition) is 1. The van der Waals surface area contributed by atoms with Crippen LogP contribution in [0.4, 0.5) is 10.5 Å². The Hall–Kier alpha value is -0.240. The van der Waals surface area contributed by atoms with Crippen LogP contribution in [0, 0.1) is 0 Å². The van der Waals surface area contributed by atoms with Crippen molar-refractivity contribution < 1.29 is 9.63 Å². The van der Waals surface area contributed by atoms with Crippen molar-refractivity contribution in [3.63, 3.8) is 0 Å². The van der Waals surface area contributed by atoms with Crippen LogP contribution in [-0.2, 0) is 4.84 Å². The monoisotopic (exact) mass is 374 g/mol. The van der Waals surface area contributed by atoms with Gasteiger partial charge in [-0.05, 0) is 18.2 Å². The molecule has 16 heavy (non-hydrogen) atoms. The van der Waals surface area contributed by atoms with Crippen LogP contribution in [0.15, 0.2) is 18.2 Å². The Kier molecular flexibility index (Phi) is 5.60. The fourth-order valence-corrected chi connectivity index (χ4v) is 1.83. The molecule has 7 heteroatoms. The van der Waals surface area contributed by atoms with E-state index in [1.807, 2.05) is 22.6 Å². The van der Waals surface area contributed by atoms with Crippen molar-refractivity contribution in [1.29, 1.82) is 0 Å². The number of halogens is 3. The topological polar surface area (TPSA) is 41.6 Å². The summed E-state index contributed by atoms with van der Waals surface area (Å²) in [5.74, 6) is 0. The van der Waals surface area contributed by atoms with Crippen molar-refractivity contribution in [2.45, 2.75) is 0 Å². The summed E-state index contributed by atoms with van der Waals surface area (Å²) in [4.78, 5) is 16.4. The predicted molar refractivity (Wildman–Crippen MR) is 73.2 cm³/mol. The summed E-state index contributed by atoms with van der Waals surface area (Å²) in [6.45, 7) is 0. The van der Waals surface area contributed by atoms with Crippen molar-refractivity contribution in [3.8, 4) is 0 Å². The van der Waals surface area contributed by atoms with E-state index in [2.05, 4.69) is 5.32 Å². The average molecular weight is 375 g/mol. The Balaban J connectivity index is 2.73. The smallest absolute Gasteiger partial charge is 0.306 e. The lowest BCUT2D eigenvalue weighted by Crippen LogP contribution is -2.32. The normalized spacial score (nSPS) is 10.0. The molecule has 0 radical (unpaired) electrons. The summed E-state index contributed by atoms with van der Waals surface area (Å²) in [6.07, 6.45) is 0. The van der Waals surface area contributed by atoms with Gasteiger partial charge in [0, 0.05) is 5.69 Å². The van der Waals surface area contributed by atoms with E-state index < -0.39 is 0 Å². The first-order chi connectivity index (χ1) is 7.58. The lowest BCUT2D eigenvalue weighted by atomic mass is 10.3. The highest BCUT2D eigenvalue weighted by Crippen LogP contribution is 2.25. The van der Waals surface area contributed by atoms with Gasteiger partial charge >= 0.3 is 6.03 Å². The van der Waals surface area contributed by atoms with E-state index >= 15 is 0 Å². The van der Waals surface area contributed by atoms with Crippen molar-refractivity contribution in [3.05, 3.63) is 28.2 Å². The van der Waals surface area contributed by atoms with Gasteiger partial charge in [-0.3, -0.25) is 4.84 Å². The Morgan fingerprint density at radius 1 is 1.50 bits per heavy atom. The molecule has 0 fully saturated rings. The number of amides is 2. The maximum absolute atomic E-state index is 11.6. The fraction of sp³-hybridized carbons (Fsp3) is 0.222. The number of hydroxylamine groups is 2. The van der Waals surface area contributed by atoms with Gasteiger partial charge in [-0.25, -0.2) is 4.79 Å². The first-order valence-corrected chi connectivity index (χ1v) is 6.50. The van der Waals surface area contributed by atoms with Crippen LogP contribution in [0.2, 0.25) is 10.0 Å². The van der Waals surface area contributed by atoms with E-state index in [1.54, 1.807) is 18.2 Å². The third kappa shape index (κ3) is 3.65.